The molecule has 1 fully saturated rings. The van der Waals surface area contributed by atoms with Crippen molar-refractivity contribution < 1.29 is 19.1 Å². The molecule has 8 nitrogen and oxygen atoms in total. The topological polar surface area (TPSA) is 101 Å². The first-order chi connectivity index (χ1) is 14.1. The lowest BCUT2D eigenvalue weighted by Gasteiger charge is -2.30. The van der Waals surface area contributed by atoms with E-state index in [-0.39, 0.29) is 28.7 Å². The number of amides is 2. The van der Waals surface area contributed by atoms with Gasteiger partial charge in [0.1, 0.15) is 5.01 Å². The van der Waals surface area contributed by atoms with Gasteiger partial charge in [-0.25, -0.2) is 0 Å². The van der Waals surface area contributed by atoms with E-state index in [0.717, 1.165) is 0 Å². The first-order valence-electron chi connectivity index (χ1n) is 9.70. The number of likely N-dealkylation sites (tertiary alicyclic amines) is 1. The Kier molecular flexibility index (Phi) is 7.29. The molecule has 0 radical (unpaired) electrons. The minimum Gasteiger partial charge on any atom is -0.466 e. The molecule has 2 amide bonds. The van der Waals surface area contributed by atoms with Gasteiger partial charge in [-0.2, -0.15) is 0 Å². The van der Waals surface area contributed by atoms with E-state index < -0.39 is 0 Å². The number of anilines is 1. The smallest absolute Gasteiger partial charge is 0.309 e. The number of rotatable bonds is 7. The maximum atomic E-state index is 12.4. The Labute approximate surface area is 173 Å². The summed E-state index contributed by atoms with van der Waals surface area (Å²) in [6.45, 7) is 3.29. The summed E-state index contributed by atoms with van der Waals surface area (Å²) >= 11 is 1.19. The van der Waals surface area contributed by atoms with Gasteiger partial charge < -0.3 is 15.0 Å². The van der Waals surface area contributed by atoms with Gasteiger partial charge in [-0.1, -0.05) is 29.5 Å². The average molecular weight is 417 g/mol. The van der Waals surface area contributed by atoms with Crippen LogP contribution in [0.5, 0.6) is 0 Å². The molecule has 1 N–H and O–H groups in total. The maximum Gasteiger partial charge on any atom is 0.309 e. The third-order valence-electron chi connectivity index (χ3n) is 4.71. The Morgan fingerprint density at radius 1 is 1.17 bits per heavy atom. The number of nitrogens with one attached hydrogen (secondary N) is 1. The molecule has 0 bridgehead atoms. The van der Waals surface area contributed by atoms with Crippen molar-refractivity contribution in [3.63, 3.8) is 0 Å². The molecule has 1 aromatic heterocycles. The molecule has 1 aliphatic rings. The second kappa shape index (κ2) is 10.1. The molecule has 2 aromatic rings. The number of aromatic nitrogens is 2. The molecule has 154 valence electrons. The number of aryl methyl sites for hydroxylation is 1. The summed E-state index contributed by atoms with van der Waals surface area (Å²) in [5.74, 6) is -0.576. The SMILES string of the molecule is CCOC(=O)C1CCN(C(=O)CCc2nnc(C(=O)Nc3ccccc3)s2)CC1. The highest BCUT2D eigenvalue weighted by Gasteiger charge is 2.28. The lowest BCUT2D eigenvalue weighted by atomic mass is 9.97. The van der Waals surface area contributed by atoms with Crippen molar-refractivity contribution in [1.82, 2.24) is 15.1 Å². The van der Waals surface area contributed by atoms with Crippen molar-refractivity contribution >= 4 is 34.8 Å². The zero-order valence-corrected chi connectivity index (χ0v) is 17.1. The molecule has 2 heterocycles. The second-order valence-electron chi connectivity index (χ2n) is 6.73. The van der Waals surface area contributed by atoms with Gasteiger partial charge in [-0.15, -0.1) is 10.2 Å². The van der Waals surface area contributed by atoms with Gasteiger partial charge in [0.15, 0.2) is 0 Å². The lowest BCUT2D eigenvalue weighted by Crippen LogP contribution is -2.40. The third-order valence-corrected chi connectivity index (χ3v) is 5.69. The summed E-state index contributed by atoms with van der Waals surface area (Å²) in [5, 5.41) is 11.6. The number of carbonyl (C=O) groups is 3. The Morgan fingerprint density at radius 3 is 2.59 bits per heavy atom. The van der Waals surface area contributed by atoms with Gasteiger partial charge in [-0.05, 0) is 31.9 Å². The molecule has 1 aromatic carbocycles. The molecule has 0 saturated carbocycles. The fourth-order valence-electron chi connectivity index (χ4n) is 3.15. The molecule has 0 spiro atoms. The molecule has 9 heteroatoms. The molecule has 3 rings (SSSR count). The zero-order chi connectivity index (χ0) is 20.6. The summed E-state index contributed by atoms with van der Waals surface area (Å²) in [6.07, 6.45) is 2.01. The molecule has 29 heavy (non-hydrogen) atoms. The van der Waals surface area contributed by atoms with E-state index in [9.17, 15) is 14.4 Å². The summed E-state index contributed by atoms with van der Waals surface area (Å²) in [6, 6.07) is 9.13. The largest absolute Gasteiger partial charge is 0.466 e. The van der Waals surface area contributed by atoms with Crippen LogP contribution in [-0.4, -0.2) is 52.6 Å². The van der Waals surface area contributed by atoms with Gasteiger partial charge in [0.2, 0.25) is 10.9 Å². The number of carbonyl (C=O) groups excluding carboxylic acids is 3. The number of piperidine rings is 1. The van der Waals surface area contributed by atoms with Crippen LogP contribution in [-0.2, 0) is 20.7 Å². The molecule has 1 saturated heterocycles. The monoisotopic (exact) mass is 416 g/mol. The van der Waals surface area contributed by atoms with E-state index in [1.54, 1.807) is 24.0 Å². The second-order valence-corrected chi connectivity index (χ2v) is 7.79. The number of nitrogens with zero attached hydrogens (tertiary/aromatic N) is 3. The zero-order valence-electron chi connectivity index (χ0n) is 16.3. The van der Waals surface area contributed by atoms with Crippen LogP contribution < -0.4 is 5.32 Å². The summed E-state index contributed by atoms with van der Waals surface area (Å²) in [7, 11) is 0. The van der Waals surface area contributed by atoms with Crippen molar-refractivity contribution in [3.8, 4) is 0 Å². The number of benzene rings is 1. The van der Waals surface area contributed by atoms with E-state index in [1.807, 2.05) is 18.2 Å². The van der Waals surface area contributed by atoms with E-state index in [1.165, 1.54) is 11.3 Å². The van der Waals surface area contributed by atoms with Crippen LogP contribution in [0, 0.1) is 5.92 Å². The number of ether oxygens (including phenoxy) is 1. The van der Waals surface area contributed by atoms with Crippen LogP contribution in [0.4, 0.5) is 5.69 Å². The highest BCUT2D eigenvalue weighted by atomic mass is 32.1. The van der Waals surface area contributed by atoms with Gasteiger partial charge in [-0.3, -0.25) is 14.4 Å². The van der Waals surface area contributed by atoms with E-state index in [2.05, 4.69) is 15.5 Å². The standard InChI is InChI=1S/C20H24N4O4S/c1-2-28-20(27)14-10-12-24(13-11-14)17(25)9-8-16-22-23-19(29-16)18(26)21-15-6-4-3-5-7-15/h3-7,14H,2,8-13H2,1H3,(H,21,26). The van der Waals surface area contributed by atoms with Gasteiger partial charge in [0.25, 0.3) is 5.91 Å². The predicted molar refractivity (Wildman–Crippen MR) is 109 cm³/mol. The first-order valence-corrected chi connectivity index (χ1v) is 10.5. The Hall–Kier alpha value is -2.81. The summed E-state index contributed by atoms with van der Waals surface area (Å²) in [5.41, 5.74) is 0.690. The van der Waals surface area contributed by atoms with Gasteiger partial charge in [0.05, 0.1) is 12.5 Å². The molecular formula is C20H24N4O4S. The maximum absolute atomic E-state index is 12.4. The van der Waals surface area contributed by atoms with Crippen LogP contribution in [0.1, 0.15) is 41.0 Å². The minimum atomic E-state index is -0.313. The number of hydrogen-bond acceptors (Lipinski definition) is 7. The lowest BCUT2D eigenvalue weighted by molar-refractivity contribution is -0.151. The fraction of sp³-hybridized carbons (Fsp3) is 0.450. The van der Waals surface area contributed by atoms with E-state index >= 15 is 0 Å². The first kappa shape index (κ1) is 20.9. The van der Waals surface area contributed by atoms with Crippen LogP contribution in [0.15, 0.2) is 30.3 Å². The predicted octanol–water partition coefficient (Wildman–Crippen LogP) is 2.52. The molecular weight excluding hydrogens is 392 g/mol. The van der Waals surface area contributed by atoms with E-state index in [0.29, 0.717) is 56.1 Å². The molecule has 0 unspecified atom stereocenters. The van der Waals surface area contributed by atoms with Crippen molar-refractivity contribution in [1.29, 1.82) is 0 Å². The van der Waals surface area contributed by atoms with Crippen molar-refractivity contribution in [2.24, 2.45) is 5.92 Å². The van der Waals surface area contributed by atoms with Crippen molar-refractivity contribution in [2.75, 3.05) is 25.0 Å². The van der Waals surface area contributed by atoms with Crippen molar-refractivity contribution in [2.45, 2.75) is 32.6 Å². The summed E-state index contributed by atoms with van der Waals surface area (Å²) < 4.78 is 5.05. The fourth-order valence-corrected chi connectivity index (χ4v) is 3.88. The number of esters is 1. The molecule has 0 atom stereocenters. The Balaban J connectivity index is 1.44. The quantitative estimate of drug-likeness (QED) is 0.696. The number of para-hydroxylation sites is 1. The molecule has 0 aliphatic carbocycles. The van der Waals surface area contributed by atoms with Crippen LogP contribution in [0.25, 0.3) is 0 Å². The number of hydrogen-bond donors (Lipinski definition) is 1. The highest BCUT2D eigenvalue weighted by Crippen LogP contribution is 2.20. The van der Waals surface area contributed by atoms with E-state index in [4.69, 9.17) is 4.74 Å². The van der Waals surface area contributed by atoms with Crippen molar-refractivity contribution in [3.05, 3.63) is 40.3 Å². The Bertz CT molecular complexity index is 847. The third kappa shape index (κ3) is 5.83. The summed E-state index contributed by atoms with van der Waals surface area (Å²) in [4.78, 5) is 38.2. The molecule has 1 aliphatic heterocycles. The van der Waals surface area contributed by atoms with Gasteiger partial charge >= 0.3 is 5.97 Å². The Morgan fingerprint density at radius 2 is 1.90 bits per heavy atom. The normalized spacial score (nSPS) is 14.4. The average Bonchev–Trinajstić information content (AvgIpc) is 3.22. The van der Waals surface area contributed by atoms with Crippen LogP contribution in [0.3, 0.4) is 0 Å². The van der Waals surface area contributed by atoms with Crippen LogP contribution in [0.2, 0.25) is 0 Å². The van der Waals surface area contributed by atoms with Crippen LogP contribution >= 0.6 is 11.3 Å². The highest BCUT2D eigenvalue weighted by molar-refractivity contribution is 7.13. The minimum absolute atomic E-state index is 0.0257. The van der Waals surface area contributed by atoms with Gasteiger partial charge in [0, 0.05) is 31.6 Å².